The number of phenols is 1. The monoisotopic (exact) mass is 522 g/mol. The normalized spacial score (nSPS) is 15.9. The first-order valence-electron chi connectivity index (χ1n) is 12.6. The lowest BCUT2D eigenvalue weighted by atomic mass is 9.83. The molecule has 6 rings (SSSR count). The molecule has 3 heterocycles. The van der Waals surface area contributed by atoms with Crippen LogP contribution < -0.4 is 20.1 Å². The number of allylic oxidation sites excluding steroid dienone is 1. The number of aromatic hydroxyl groups is 1. The van der Waals surface area contributed by atoms with E-state index in [1.807, 2.05) is 18.2 Å². The highest BCUT2D eigenvalue weighted by molar-refractivity contribution is 7.11. The number of methoxy groups -OCH3 is 1. The third-order valence-electron chi connectivity index (χ3n) is 6.97. The van der Waals surface area contributed by atoms with Crippen molar-refractivity contribution in [1.82, 2.24) is 0 Å². The maximum absolute atomic E-state index is 10.6. The van der Waals surface area contributed by atoms with E-state index in [0.29, 0.717) is 18.0 Å². The van der Waals surface area contributed by atoms with Crippen LogP contribution in [0, 0.1) is 0 Å². The second-order valence-corrected chi connectivity index (χ2v) is 11.2. The molecule has 5 nitrogen and oxygen atoms in total. The first-order valence-corrected chi connectivity index (χ1v) is 13.5. The van der Waals surface area contributed by atoms with Gasteiger partial charge in [0.15, 0.2) is 11.5 Å². The van der Waals surface area contributed by atoms with Gasteiger partial charge in [0.1, 0.15) is 11.5 Å². The van der Waals surface area contributed by atoms with Gasteiger partial charge < -0.3 is 25.2 Å². The van der Waals surface area contributed by atoms with E-state index in [0.717, 1.165) is 44.3 Å². The number of phenolic OH excluding ortho intramolecular Hbond substituents is 1. The lowest BCUT2D eigenvalue weighted by Crippen LogP contribution is -2.32. The Kier molecular flexibility index (Phi) is 5.92. The predicted molar refractivity (Wildman–Crippen MR) is 158 cm³/mol. The number of nitrogens with one attached hydrogen (secondary N) is 2. The van der Waals surface area contributed by atoms with Crippen LogP contribution in [-0.4, -0.2) is 17.8 Å². The van der Waals surface area contributed by atoms with Crippen molar-refractivity contribution in [2.24, 2.45) is 0 Å². The largest absolute Gasteiger partial charge is 0.504 e. The number of fused-ring (bicyclic) bond motifs is 5. The molecule has 0 aliphatic carbocycles. The number of thiophene rings is 1. The van der Waals surface area contributed by atoms with Gasteiger partial charge in [0, 0.05) is 39.5 Å². The molecule has 192 valence electrons. The zero-order valence-electron chi connectivity index (χ0n) is 21.9. The summed E-state index contributed by atoms with van der Waals surface area (Å²) in [5.74, 6) is 1.93. The Hall–Kier alpha value is -4.16. The van der Waals surface area contributed by atoms with Gasteiger partial charge >= 0.3 is 0 Å². The van der Waals surface area contributed by atoms with Crippen LogP contribution in [0.2, 0.25) is 0 Å². The average molecular weight is 523 g/mol. The van der Waals surface area contributed by atoms with Crippen molar-refractivity contribution in [2.45, 2.75) is 32.9 Å². The molecule has 3 N–H and O–H groups in total. The predicted octanol–water partition coefficient (Wildman–Crippen LogP) is 8.24. The van der Waals surface area contributed by atoms with E-state index < -0.39 is 0 Å². The summed E-state index contributed by atoms with van der Waals surface area (Å²) in [4.78, 5) is 1.13. The number of ether oxygens (including phenoxy) is 2. The number of benzene rings is 3. The molecule has 0 unspecified atom stereocenters. The van der Waals surface area contributed by atoms with Crippen molar-refractivity contribution in [3.8, 4) is 28.4 Å². The first kappa shape index (κ1) is 24.2. The number of rotatable bonds is 5. The molecular weight excluding hydrogens is 492 g/mol. The van der Waals surface area contributed by atoms with E-state index in [-0.39, 0.29) is 11.3 Å². The molecule has 0 atom stereocenters. The molecule has 6 heteroatoms. The molecule has 2 aliphatic rings. The molecule has 38 heavy (non-hydrogen) atoms. The smallest absolute Gasteiger partial charge is 0.172 e. The lowest BCUT2D eigenvalue weighted by molar-refractivity contribution is 0.371. The molecule has 0 bridgehead atoms. The van der Waals surface area contributed by atoms with Gasteiger partial charge in [-0.2, -0.15) is 0 Å². The lowest BCUT2D eigenvalue weighted by Gasteiger charge is -2.35. The molecule has 0 saturated carbocycles. The van der Waals surface area contributed by atoms with Crippen LogP contribution >= 0.6 is 11.3 Å². The highest BCUT2D eigenvalue weighted by Crippen LogP contribution is 2.54. The molecule has 1 aromatic heterocycles. The minimum absolute atomic E-state index is 0.0880. The van der Waals surface area contributed by atoms with E-state index in [1.54, 1.807) is 30.6 Å². The van der Waals surface area contributed by atoms with Gasteiger partial charge in [-0.15, -0.1) is 11.3 Å². The summed E-state index contributed by atoms with van der Waals surface area (Å²) in [6, 6.07) is 20.0. The van der Waals surface area contributed by atoms with Gasteiger partial charge in [0.2, 0.25) is 0 Å². The fraction of sp³-hybridized carbons (Fsp3) is 0.188. The summed E-state index contributed by atoms with van der Waals surface area (Å²) in [7, 11) is 1.58. The second-order valence-electron chi connectivity index (χ2n) is 10.2. The zero-order valence-corrected chi connectivity index (χ0v) is 22.7. The summed E-state index contributed by atoms with van der Waals surface area (Å²) < 4.78 is 12.3. The molecule has 4 aromatic rings. The fourth-order valence-corrected chi connectivity index (χ4v) is 6.29. The molecule has 0 saturated heterocycles. The Bertz CT molecular complexity index is 1600. The highest BCUT2D eigenvalue weighted by atomic mass is 32.1. The minimum Gasteiger partial charge on any atom is -0.504 e. The van der Waals surface area contributed by atoms with Gasteiger partial charge in [-0.1, -0.05) is 30.3 Å². The van der Waals surface area contributed by atoms with Crippen molar-refractivity contribution in [3.63, 3.8) is 0 Å². The van der Waals surface area contributed by atoms with Gasteiger partial charge in [-0.05, 0) is 79.8 Å². The van der Waals surface area contributed by atoms with E-state index in [1.165, 1.54) is 11.1 Å². The Morgan fingerprint density at radius 3 is 2.63 bits per heavy atom. The summed E-state index contributed by atoms with van der Waals surface area (Å²) in [6.45, 7) is 7.19. The van der Waals surface area contributed by atoms with Gasteiger partial charge in [-0.25, -0.2) is 0 Å². The number of hydrogen-bond donors (Lipinski definition) is 3. The van der Waals surface area contributed by atoms with Gasteiger partial charge in [-0.3, -0.25) is 0 Å². The van der Waals surface area contributed by atoms with Crippen molar-refractivity contribution in [1.29, 1.82) is 0 Å². The summed E-state index contributed by atoms with van der Waals surface area (Å²) in [6.07, 6.45) is 4.39. The van der Waals surface area contributed by atoms with Crippen molar-refractivity contribution in [3.05, 3.63) is 93.7 Å². The Morgan fingerprint density at radius 2 is 1.84 bits per heavy atom. The number of para-hydroxylation sites is 1. The minimum atomic E-state index is -0.164. The van der Waals surface area contributed by atoms with E-state index in [4.69, 9.17) is 9.47 Å². The number of hydrogen-bond acceptors (Lipinski definition) is 6. The third kappa shape index (κ3) is 4.21. The van der Waals surface area contributed by atoms with E-state index >= 15 is 0 Å². The molecule has 0 amide bonds. The zero-order chi connectivity index (χ0) is 26.4. The average Bonchev–Trinajstić information content (AvgIpc) is 3.34. The number of anilines is 2. The highest BCUT2D eigenvalue weighted by Gasteiger charge is 2.33. The van der Waals surface area contributed by atoms with Crippen molar-refractivity contribution >= 4 is 40.1 Å². The van der Waals surface area contributed by atoms with Crippen LogP contribution in [0.15, 0.2) is 72.1 Å². The van der Waals surface area contributed by atoms with Crippen molar-refractivity contribution < 1.29 is 14.6 Å². The van der Waals surface area contributed by atoms with Crippen LogP contribution in [-0.2, 0) is 6.54 Å². The first-order chi connectivity index (χ1) is 18.3. The maximum Gasteiger partial charge on any atom is 0.172 e. The van der Waals surface area contributed by atoms with Crippen LogP contribution in [0.4, 0.5) is 11.4 Å². The quantitative estimate of drug-likeness (QED) is 0.246. The SMILES string of the molecule is COc1c(O)ccc2c1-c1ccc3c(c1/C(=C/c1sccc1CNc1ccccc1)O2)C(C)=CC(C)(C)N3. The Balaban J connectivity index is 1.51. The second kappa shape index (κ2) is 9.30. The molecule has 2 aliphatic heterocycles. The molecule has 0 fully saturated rings. The summed E-state index contributed by atoms with van der Waals surface area (Å²) in [5.41, 5.74) is 8.18. The molecule has 3 aromatic carbocycles. The molecule has 0 spiro atoms. The molecule has 0 radical (unpaired) electrons. The Morgan fingerprint density at radius 1 is 1.03 bits per heavy atom. The van der Waals surface area contributed by atoms with Crippen LogP contribution in [0.1, 0.15) is 42.3 Å². The van der Waals surface area contributed by atoms with Gasteiger partial charge in [0.05, 0.1) is 18.2 Å². The standard InChI is InChI=1S/C32H30N2O3S/c1-19-17-32(2,3)34-23-11-10-22-29(28(19)23)26(37-25-13-12-24(35)31(36-4)30(22)25)16-27-20(14-15-38-27)18-33-21-8-6-5-7-9-21/h5-17,33-35H,18H2,1-4H3/b26-16-. The van der Waals surface area contributed by atoms with Crippen molar-refractivity contribution in [2.75, 3.05) is 17.7 Å². The van der Waals surface area contributed by atoms with Crippen LogP contribution in [0.25, 0.3) is 28.5 Å². The Labute approximate surface area is 227 Å². The summed E-state index contributed by atoms with van der Waals surface area (Å²) >= 11 is 1.69. The van der Waals surface area contributed by atoms with E-state index in [2.05, 4.69) is 79.3 Å². The molecular formula is C32H30N2O3S. The summed E-state index contributed by atoms with van der Waals surface area (Å²) in [5, 5.41) is 19.9. The maximum atomic E-state index is 10.6. The fourth-order valence-electron chi connectivity index (χ4n) is 5.44. The topological polar surface area (TPSA) is 62.8 Å². The van der Waals surface area contributed by atoms with Crippen LogP contribution in [0.5, 0.6) is 17.2 Å². The van der Waals surface area contributed by atoms with E-state index in [9.17, 15) is 5.11 Å². The van der Waals surface area contributed by atoms with Gasteiger partial charge in [0.25, 0.3) is 0 Å². The van der Waals surface area contributed by atoms with Crippen LogP contribution in [0.3, 0.4) is 0 Å². The third-order valence-corrected chi connectivity index (χ3v) is 7.88.